The van der Waals surface area contributed by atoms with E-state index in [1.54, 1.807) is 31.2 Å². The van der Waals surface area contributed by atoms with Gasteiger partial charge in [0.1, 0.15) is 4.88 Å². The molecule has 0 fully saturated rings. The van der Waals surface area contributed by atoms with Gasteiger partial charge >= 0.3 is 0 Å². The highest BCUT2D eigenvalue weighted by atomic mass is 32.1. The molecule has 2 aromatic carbocycles. The number of aromatic nitrogens is 1. The summed E-state index contributed by atoms with van der Waals surface area (Å²) in [6.07, 6.45) is 1.59. The summed E-state index contributed by atoms with van der Waals surface area (Å²) in [7, 11) is 0. The van der Waals surface area contributed by atoms with Crippen molar-refractivity contribution in [3.63, 3.8) is 0 Å². The molecule has 0 saturated carbocycles. The predicted molar refractivity (Wildman–Crippen MR) is 130 cm³/mol. The maximum atomic E-state index is 12.8. The van der Waals surface area contributed by atoms with Crippen LogP contribution in [0.2, 0.25) is 0 Å². The van der Waals surface area contributed by atoms with E-state index in [1.807, 2.05) is 32.9 Å². The molecule has 3 rings (SSSR count). The van der Waals surface area contributed by atoms with Crippen molar-refractivity contribution < 1.29 is 20.0 Å². The number of carbonyl (C=O) groups is 2. The van der Waals surface area contributed by atoms with Gasteiger partial charge in [0.25, 0.3) is 5.91 Å². The fourth-order valence-corrected chi connectivity index (χ4v) is 4.52. The second-order valence-corrected chi connectivity index (χ2v) is 9.02. The Balaban J connectivity index is 1.55. The summed E-state index contributed by atoms with van der Waals surface area (Å²) in [5.41, 5.74) is 5.75. The Morgan fingerprint density at radius 3 is 2.24 bits per heavy atom. The number of rotatable bonds is 8. The molecule has 4 N–H and O–H groups in total. The molecule has 0 atom stereocenters. The minimum atomic E-state index is -0.242. The molecule has 0 aliphatic carbocycles. The smallest absolute Gasteiger partial charge is 0.267 e. The van der Waals surface area contributed by atoms with Crippen LogP contribution in [0.4, 0.5) is 16.5 Å². The summed E-state index contributed by atoms with van der Waals surface area (Å²) in [5, 5.41) is 24.2. The van der Waals surface area contributed by atoms with Crippen LogP contribution in [-0.2, 0) is 11.2 Å². The summed E-state index contributed by atoms with van der Waals surface area (Å²) in [5.74, 6) is -0.414. The van der Waals surface area contributed by atoms with Gasteiger partial charge in [0.05, 0.1) is 11.4 Å². The molecule has 0 saturated heterocycles. The van der Waals surface area contributed by atoms with E-state index < -0.39 is 0 Å². The van der Waals surface area contributed by atoms with E-state index in [-0.39, 0.29) is 22.7 Å². The third kappa shape index (κ3) is 6.38. The lowest BCUT2D eigenvalue weighted by atomic mass is 10.1. The normalized spacial score (nSPS) is 10.7. The van der Waals surface area contributed by atoms with Gasteiger partial charge in [-0.05, 0) is 69.4 Å². The van der Waals surface area contributed by atoms with E-state index in [2.05, 4.69) is 15.6 Å². The number of thiazole rings is 1. The van der Waals surface area contributed by atoms with Gasteiger partial charge in [0.15, 0.2) is 5.13 Å². The molecular weight excluding hydrogens is 440 g/mol. The molecule has 0 aliphatic heterocycles. The van der Waals surface area contributed by atoms with Crippen molar-refractivity contribution in [2.45, 2.75) is 47.0 Å². The van der Waals surface area contributed by atoms with Crippen molar-refractivity contribution in [1.82, 2.24) is 4.98 Å². The second-order valence-electron chi connectivity index (χ2n) is 8.02. The minimum absolute atomic E-state index is 0.0604. The van der Waals surface area contributed by atoms with Crippen LogP contribution in [0.3, 0.4) is 0 Å². The maximum Gasteiger partial charge on any atom is 0.267 e. The first kappa shape index (κ1) is 24.4. The molecule has 0 bridgehead atoms. The van der Waals surface area contributed by atoms with E-state index in [9.17, 15) is 9.59 Å². The number of anilines is 3. The molecule has 1 aromatic heterocycles. The third-order valence-corrected chi connectivity index (χ3v) is 6.27. The number of hydrogen-bond acceptors (Lipinski definition) is 7. The van der Waals surface area contributed by atoms with Gasteiger partial charge in [0.2, 0.25) is 5.91 Å². The number of hydrogen-bond donors (Lipinski definition) is 4. The molecule has 0 radical (unpaired) electrons. The molecule has 3 aromatic rings. The Labute approximate surface area is 196 Å². The van der Waals surface area contributed by atoms with Gasteiger partial charge in [0, 0.05) is 12.1 Å². The molecule has 2 amide bonds. The van der Waals surface area contributed by atoms with Crippen LogP contribution in [0.25, 0.3) is 0 Å². The topological polar surface area (TPSA) is 115 Å². The Bertz CT molecular complexity index is 1130. The lowest BCUT2D eigenvalue weighted by Crippen LogP contribution is -2.13. The number of amides is 2. The third-order valence-electron chi connectivity index (χ3n) is 5.20. The molecule has 0 unspecified atom stereocenters. The van der Waals surface area contributed by atoms with Crippen LogP contribution >= 0.6 is 11.3 Å². The summed E-state index contributed by atoms with van der Waals surface area (Å²) in [6, 6.07) is 10.8. The average Bonchev–Trinajstić information content (AvgIpc) is 3.10. The summed E-state index contributed by atoms with van der Waals surface area (Å²) < 4.78 is 0. The van der Waals surface area contributed by atoms with Crippen molar-refractivity contribution >= 4 is 39.7 Å². The van der Waals surface area contributed by atoms with Crippen LogP contribution in [-0.4, -0.2) is 27.2 Å². The number of benzene rings is 2. The molecule has 0 aliphatic rings. The predicted octanol–water partition coefficient (Wildman–Crippen LogP) is 5.18. The monoisotopic (exact) mass is 468 g/mol. The first-order chi connectivity index (χ1) is 15.6. The van der Waals surface area contributed by atoms with Crippen LogP contribution in [0.15, 0.2) is 36.4 Å². The number of aryl methyl sites for hydroxylation is 5. The number of nitrogens with zero attached hydrogens (tertiary/aromatic N) is 2. The van der Waals surface area contributed by atoms with Crippen LogP contribution < -0.4 is 15.9 Å². The van der Waals surface area contributed by atoms with E-state index in [0.717, 1.165) is 39.3 Å². The maximum absolute atomic E-state index is 12.8. The molecule has 1 heterocycles. The largest absolute Gasteiger partial charge is 0.321 e. The molecule has 174 valence electrons. The van der Waals surface area contributed by atoms with Crippen LogP contribution in [0.5, 0.6) is 0 Å². The van der Waals surface area contributed by atoms with E-state index in [4.69, 9.17) is 10.4 Å². The van der Waals surface area contributed by atoms with Gasteiger partial charge in [-0.25, -0.2) is 4.98 Å². The summed E-state index contributed by atoms with van der Waals surface area (Å²) in [6.45, 7) is 7.69. The quantitative estimate of drug-likeness (QED) is 0.339. The van der Waals surface area contributed by atoms with Crippen molar-refractivity contribution in [1.29, 1.82) is 0 Å². The molecule has 9 heteroatoms. The van der Waals surface area contributed by atoms with E-state index >= 15 is 0 Å². The Morgan fingerprint density at radius 1 is 1.00 bits per heavy atom. The zero-order valence-corrected chi connectivity index (χ0v) is 19.9. The summed E-state index contributed by atoms with van der Waals surface area (Å²) in [4.78, 5) is 30.0. The van der Waals surface area contributed by atoms with E-state index in [0.29, 0.717) is 35.0 Å². The van der Waals surface area contributed by atoms with Gasteiger partial charge in [-0.2, -0.15) is 0 Å². The van der Waals surface area contributed by atoms with Gasteiger partial charge in [-0.1, -0.05) is 41.2 Å². The standard InChI is InChI=1S/C24H28N4O4S/c1-14-12-15(2)21(16(3)13-14)27-23(30)22-17(4)25-24(33-22)26-20(29)7-5-6-18-8-10-19(11-9-18)28(31)32/h8-13,31-32H,5-7H2,1-4H3,(H,27,30)(H,25,26,29). The van der Waals surface area contributed by atoms with Gasteiger partial charge < -0.3 is 10.6 Å². The highest BCUT2D eigenvalue weighted by molar-refractivity contribution is 7.17. The molecular formula is C24H28N4O4S. The zero-order chi connectivity index (χ0) is 24.1. The van der Waals surface area contributed by atoms with Gasteiger partial charge in [-0.3, -0.25) is 20.0 Å². The average molecular weight is 469 g/mol. The highest BCUT2D eigenvalue weighted by Crippen LogP contribution is 2.27. The van der Waals surface area contributed by atoms with Crippen molar-refractivity contribution in [2.75, 3.05) is 15.9 Å². The van der Waals surface area contributed by atoms with Gasteiger partial charge in [-0.15, -0.1) is 5.23 Å². The number of nitrogens with one attached hydrogen (secondary N) is 2. The Kier molecular flexibility index (Phi) is 7.80. The molecule has 33 heavy (non-hydrogen) atoms. The Hall–Kier alpha value is -3.27. The van der Waals surface area contributed by atoms with Crippen molar-refractivity contribution in [3.05, 3.63) is 69.2 Å². The van der Waals surface area contributed by atoms with E-state index in [1.165, 1.54) is 0 Å². The SMILES string of the molecule is Cc1cc(C)c(NC(=O)c2sc(NC(=O)CCCc3ccc(N(O)O)cc3)nc2C)c(C)c1. The zero-order valence-electron chi connectivity index (χ0n) is 19.1. The molecule has 8 nitrogen and oxygen atoms in total. The lowest BCUT2D eigenvalue weighted by molar-refractivity contribution is -0.116. The fourth-order valence-electron chi connectivity index (χ4n) is 3.64. The van der Waals surface area contributed by atoms with Crippen LogP contribution in [0, 0.1) is 27.7 Å². The molecule has 0 spiro atoms. The van der Waals surface area contributed by atoms with Crippen molar-refractivity contribution in [3.8, 4) is 0 Å². The summed E-state index contributed by atoms with van der Waals surface area (Å²) >= 11 is 1.16. The first-order valence-electron chi connectivity index (χ1n) is 10.6. The number of carbonyl (C=O) groups excluding carboxylic acids is 2. The first-order valence-corrected chi connectivity index (χ1v) is 11.4. The second kappa shape index (κ2) is 10.6. The Morgan fingerprint density at radius 2 is 1.64 bits per heavy atom. The fraction of sp³-hybridized carbons (Fsp3) is 0.292. The van der Waals surface area contributed by atoms with Crippen molar-refractivity contribution in [2.24, 2.45) is 0 Å². The minimum Gasteiger partial charge on any atom is -0.321 e. The lowest BCUT2D eigenvalue weighted by Gasteiger charge is -2.12. The highest BCUT2D eigenvalue weighted by Gasteiger charge is 2.18. The van der Waals surface area contributed by atoms with Crippen LogP contribution in [0.1, 0.15) is 50.5 Å².